The summed E-state index contributed by atoms with van der Waals surface area (Å²) < 4.78 is 11.4. The van der Waals surface area contributed by atoms with Crippen LogP contribution in [0.15, 0.2) is 23.0 Å². The largest absolute Gasteiger partial charge is 0.472 e. The van der Waals surface area contributed by atoms with Crippen molar-refractivity contribution < 1.29 is 9.15 Å². The average Bonchev–Trinajstić information content (AvgIpc) is 2.94. The predicted octanol–water partition coefficient (Wildman–Crippen LogP) is 3.18. The number of rotatable bonds is 6. The molecule has 0 unspecified atom stereocenters. The van der Waals surface area contributed by atoms with E-state index in [0.29, 0.717) is 11.8 Å². The topological polar surface area (TPSA) is 34.4 Å². The normalized spacial score (nSPS) is 24.6. The zero-order valence-electron chi connectivity index (χ0n) is 11.5. The monoisotopic (exact) mass is 251 g/mol. The van der Waals surface area contributed by atoms with Gasteiger partial charge in [-0.15, -0.1) is 0 Å². The Hall–Kier alpha value is -0.800. The van der Waals surface area contributed by atoms with E-state index in [1.165, 1.54) is 18.4 Å². The Morgan fingerprint density at radius 3 is 2.94 bits per heavy atom. The molecule has 0 amide bonds. The van der Waals surface area contributed by atoms with Crippen LogP contribution in [0.1, 0.15) is 44.6 Å². The quantitative estimate of drug-likeness (QED) is 0.843. The number of ether oxygens (including phenoxy) is 1. The zero-order chi connectivity index (χ0) is 12.8. The van der Waals surface area contributed by atoms with Gasteiger partial charge in [-0.2, -0.15) is 0 Å². The molecule has 1 aliphatic heterocycles. The van der Waals surface area contributed by atoms with E-state index in [9.17, 15) is 0 Å². The van der Waals surface area contributed by atoms with Gasteiger partial charge in [0.1, 0.15) is 0 Å². The second kappa shape index (κ2) is 6.95. The molecule has 0 aromatic carbocycles. The highest BCUT2D eigenvalue weighted by Crippen LogP contribution is 2.28. The Kier molecular flexibility index (Phi) is 5.26. The lowest BCUT2D eigenvalue weighted by atomic mass is 9.89. The number of furan rings is 1. The lowest BCUT2D eigenvalue weighted by Crippen LogP contribution is -2.41. The molecule has 3 nitrogen and oxygen atoms in total. The molecule has 1 aromatic rings. The molecule has 1 aliphatic rings. The summed E-state index contributed by atoms with van der Waals surface area (Å²) in [7, 11) is 0. The van der Waals surface area contributed by atoms with Crippen molar-refractivity contribution in [1.29, 1.82) is 0 Å². The minimum absolute atomic E-state index is 0.289. The van der Waals surface area contributed by atoms with E-state index in [2.05, 4.69) is 25.2 Å². The van der Waals surface area contributed by atoms with Gasteiger partial charge in [-0.25, -0.2) is 0 Å². The molecule has 0 bridgehead atoms. The molecule has 0 aliphatic carbocycles. The van der Waals surface area contributed by atoms with E-state index in [4.69, 9.17) is 9.15 Å². The van der Waals surface area contributed by atoms with E-state index >= 15 is 0 Å². The first kappa shape index (κ1) is 13.6. The van der Waals surface area contributed by atoms with Gasteiger partial charge < -0.3 is 14.5 Å². The summed E-state index contributed by atoms with van der Waals surface area (Å²) in [6.07, 6.45) is 7.45. The van der Waals surface area contributed by atoms with Crippen LogP contribution in [0.4, 0.5) is 0 Å². The molecule has 2 atom stereocenters. The van der Waals surface area contributed by atoms with Crippen LogP contribution in [0.5, 0.6) is 0 Å². The second-order valence-corrected chi connectivity index (χ2v) is 5.21. The summed E-state index contributed by atoms with van der Waals surface area (Å²) in [6.45, 7) is 7.39. The van der Waals surface area contributed by atoms with Gasteiger partial charge in [0.2, 0.25) is 0 Å². The lowest BCUT2D eigenvalue weighted by Gasteiger charge is -2.32. The maximum absolute atomic E-state index is 6.16. The number of hydrogen-bond donors (Lipinski definition) is 1. The van der Waals surface area contributed by atoms with Crippen LogP contribution in [0, 0.1) is 5.92 Å². The predicted molar refractivity (Wildman–Crippen MR) is 72.7 cm³/mol. The molecule has 0 radical (unpaired) electrons. The van der Waals surface area contributed by atoms with Crippen LogP contribution in [0.2, 0.25) is 0 Å². The molecular weight excluding hydrogens is 226 g/mol. The first-order chi connectivity index (χ1) is 8.85. The van der Waals surface area contributed by atoms with E-state index in [1.807, 2.05) is 6.26 Å². The van der Waals surface area contributed by atoms with Gasteiger partial charge >= 0.3 is 0 Å². The average molecular weight is 251 g/mol. The van der Waals surface area contributed by atoms with E-state index in [-0.39, 0.29) is 6.10 Å². The highest BCUT2D eigenvalue weighted by Gasteiger charge is 2.28. The highest BCUT2D eigenvalue weighted by molar-refractivity contribution is 5.15. The van der Waals surface area contributed by atoms with E-state index in [1.54, 1.807) is 6.26 Å². The molecule has 0 saturated carbocycles. The Morgan fingerprint density at radius 1 is 1.44 bits per heavy atom. The maximum Gasteiger partial charge on any atom is 0.0938 e. The summed E-state index contributed by atoms with van der Waals surface area (Å²) in [6, 6.07) is 2.07. The third-order valence-corrected chi connectivity index (χ3v) is 4.10. The molecule has 0 spiro atoms. The van der Waals surface area contributed by atoms with Gasteiger partial charge in [-0.05, 0) is 30.5 Å². The Morgan fingerprint density at radius 2 is 2.28 bits per heavy atom. The molecule has 2 rings (SSSR count). The fourth-order valence-corrected chi connectivity index (χ4v) is 2.66. The fourth-order valence-electron chi connectivity index (χ4n) is 2.66. The van der Waals surface area contributed by atoms with Gasteiger partial charge in [-0.1, -0.05) is 26.7 Å². The van der Waals surface area contributed by atoms with Crippen molar-refractivity contribution in [2.24, 2.45) is 5.92 Å². The molecular formula is C15H25NO2. The van der Waals surface area contributed by atoms with Crippen LogP contribution in [-0.4, -0.2) is 25.8 Å². The minimum Gasteiger partial charge on any atom is -0.472 e. The molecule has 1 fully saturated rings. The lowest BCUT2D eigenvalue weighted by molar-refractivity contribution is 0.000835. The van der Waals surface area contributed by atoms with Crippen LogP contribution < -0.4 is 5.32 Å². The van der Waals surface area contributed by atoms with Crippen molar-refractivity contribution in [2.45, 2.75) is 45.1 Å². The summed E-state index contributed by atoms with van der Waals surface area (Å²) in [4.78, 5) is 0. The first-order valence-electron chi connectivity index (χ1n) is 7.19. The van der Waals surface area contributed by atoms with Crippen LogP contribution in [0.3, 0.4) is 0 Å². The zero-order valence-corrected chi connectivity index (χ0v) is 11.5. The van der Waals surface area contributed by atoms with Crippen LogP contribution in [-0.2, 0) is 4.74 Å². The van der Waals surface area contributed by atoms with E-state index < -0.39 is 0 Å². The van der Waals surface area contributed by atoms with Gasteiger partial charge in [0, 0.05) is 19.1 Å². The van der Waals surface area contributed by atoms with Crippen molar-refractivity contribution in [3.05, 3.63) is 24.2 Å². The summed E-state index contributed by atoms with van der Waals surface area (Å²) in [5.41, 5.74) is 1.28. The van der Waals surface area contributed by atoms with E-state index in [0.717, 1.165) is 26.1 Å². The van der Waals surface area contributed by atoms with Crippen molar-refractivity contribution in [1.82, 2.24) is 5.32 Å². The molecule has 3 heteroatoms. The third-order valence-electron chi connectivity index (χ3n) is 4.10. The van der Waals surface area contributed by atoms with Gasteiger partial charge in [0.15, 0.2) is 0 Å². The molecule has 18 heavy (non-hydrogen) atoms. The van der Waals surface area contributed by atoms with Crippen molar-refractivity contribution in [2.75, 3.05) is 19.7 Å². The summed E-state index contributed by atoms with van der Waals surface area (Å²) >= 11 is 0. The molecule has 2 heterocycles. The molecule has 102 valence electrons. The smallest absolute Gasteiger partial charge is 0.0938 e. The Bertz CT molecular complexity index is 319. The molecule has 1 N–H and O–H groups in total. The first-order valence-corrected chi connectivity index (χ1v) is 7.19. The van der Waals surface area contributed by atoms with Crippen molar-refractivity contribution >= 4 is 0 Å². The molecule has 1 aromatic heterocycles. The second-order valence-electron chi connectivity index (χ2n) is 5.21. The standard InChI is InChI=1S/C15H25NO2/c1-3-12(4-2)10-18-15-9-16-7-5-14(15)13-6-8-17-11-13/h6,8,11-12,14-16H,3-5,7,9-10H2,1-2H3/t14-,15+/m0/s1. The van der Waals surface area contributed by atoms with Gasteiger partial charge in [-0.3, -0.25) is 0 Å². The maximum atomic E-state index is 6.16. The van der Waals surface area contributed by atoms with Crippen molar-refractivity contribution in [3.8, 4) is 0 Å². The number of piperidine rings is 1. The third kappa shape index (κ3) is 3.36. The summed E-state index contributed by atoms with van der Waals surface area (Å²) in [5, 5.41) is 3.43. The fraction of sp³-hybridized carbons (Fsp3) is 0.733. The van der Waals surface area contributed by atoms with Gasteiger partial charge in [0.25, 0.3) is 0 Å². The SMILES string of the molecule is CCC(CC)CO[C@@H]1CNCC[C@H]1c1ccoc1. The Labute approximate surface area is 110 Å². The highest BCUT2D eigenvalue weighted by atomic mass is 16.5. The Balaban J connectivity index is 1.92. The van der Waals surface area contributed by atoms with Crippen LogP contribution >= 0.6 is 0 Å². The minimum atomic E-state index is 0.289. The van der Waals surface area contributed by atoms with Crippen molar-refractivity contribution in [3.63, 3.8) is 0 Å². The van der Waals surface area contributed by atoms with Gasteiger partial charge in [0.05, 0.1) is 18.6 Å². The molecule has 1 saturated heterocycles. The number of nitrogens with one attached hydrogen (secondary N) is 1. The number of hydrogen-bond acceptors (Lipinski definition) is 3. The van der Waals surface area contributed by atoms with Crippen LogP contribution in [0.25, 0.3) is 0 Å². The summed E-state index contributed by atoms with van der Waals surface area (Å²) in [5.74, 6) is 1.18.